The molecule has 2 rings (SSSR count). The smallest absolute Gasteiger partial charge is 0.409 e. The number of hydrogen-bond acceptors (Lipinski definition) is 4. The minimum absolute atomic E-state index is 0.185. The number of carbonyl (C=O) groups is 1. The molecule has 0 radical (unpaired) electrons. The van der Waals surface area contributed by atoms with Crippen LogP contribution >= 0.6 is 0 Å². The number of ether oxygens (including phenoxy) is 2. The second kappa shape index (κ2) is 6.50. The monoisotopic (exact) mass is 278 g/mol. The molecule has 0 unspecified atom stereocenters. The maximum absolute atomic E-state index is 11.4. The van der Waals surface area contributed by atoms with Gasteiger partial charge in [-0.1, -0.05) is 0 Å². The third kappa shape index (κ3) is 3.56. The van der Waals surface area contributed by atoms with E-state index in [1.807, 2.05) is 26.0 Å². The Kier molecular flexibility index (Phi) is 4.71. The molecule has 5 nitrogen and oxygen atoms in total. The van der Waals surface area contributed by atoms with Crippen molar-refractivity contribution >= 4 is 11.8 Å². The number of methoxy groups -OCH3 is 1. The molecule has 1 fully saturated rings. The molecule has 5 heteroatoms. The molecular weight excluding hydrogens is 256 g/mol. The lowest BCUT2D eigenvalue weighted by Gasteiger charge is -2.35. The summed E-state index contributed by atoms with van der Waals surface area (Å²) in [6.45, 7) is 7.05. The van der Waals surface area contributed by atoms with Crippen molar-refractivity contribution in [3.63, 3.8) is 0 Å². The van der Waals surface area contributed by atoms with Gasteiger partial charge in [0.05, 0.1) is 13.2 Å². The first-order valence-corrected chi connectivity index (χ1v) is 6.94. The molecule has 0 spiro atoms. The van der Waals surface area contributed by atoms with Crippen LogP contribution in [0.3, 0.4) is 0 Å². The quantitative estimate of drug-likeness (QED) is 0.851. The van der Waals surface area contributed by atoms with Crippen LogP contribution in [0.1, 0.15) is 13.8 Å². The lowest BCUT2D eigenvalue weighted by molar-refractivity contribution is 0.121. The minimum atomic E-state index is -0.245. The van der Waals surface area contributed by atoms with Gasteiger partial charge in [0.1, 0.15) is 5.75 Å². The van der Waals surface area contributed by atoms with Gasteiger partial charge < -0.3 is 19.3 Å². The highest BCUT2D eigenvalue weighted by Gasteiger charge is 2.21. The van der Waals surface area contributed by atoms with Gasteiger partial charge >= 0.3 is 6.09 Å². The van der Waals surface area contributed by atoms with Crippen LogP contribution in [-0.2, 0) is 4.74 Å². The molecule has 0 saturated carbocycles. The molecule has 0 aliphatic carbocycles. The number of hydrogen-bond donors (Lipinski definition) is 0. The highest BCUT2D eigenvalue weighted by atomic mass is 16.5. The number of anilines is 1. The van der Waals surface area contributed by atoms with Crippen molar-refractivity contribution in [1.29, 1.82) is 0 Å². The van der Waals surface area contributed by atoms with Crippen molar-refractivity contribution in [2.24, 2.45) is 0 Å². The van der Waals surface area contributed by atoms with Crippen molar-refractivity contribution in [2.75, 3.05) is 38.2 Å². The van der Waals surface area contributed by atoms with E-state index < -0.39 is 0 Å². The fraction of sp³-hybridized carbons (Fsp3) is 0.533. The number of carbonyl (C=O) groups excluding carboxylic acids is 1. The Bertz CT molecular complexity index is 437. The Morgan fingerprint density at radius 3 is 2.20 bits per heavy atom. The SMILES string of the molecule is COC(=O)N1CCN(c2ccc(OC(C)C)cc2)CC1. The molecule has 0 bridgehead atoms. The van der Waals surface area contributed by atoms with E-state index in [9.17, 15) is 4.79 Å². The van der Waals surface area contributed by atoms with Crippen LogP contribution < -0.4 is 9.64 Å². The molecular formula is C15H22N2O3. The Labute approximate surface area is 120 Å². The summed E-state index contributed by atoms with van der Waals surface area (Å²) in [6.07, 6.45) is -0.0604. The molecule has 0 aromatic heterocycles. The van der Waals surface area contributed by atoms with Crippen molar-refractivity contribution in [1.82, 2.24) is 4.90 Å². The summed E-state index contributed by atoms with van der Waals surface area (Å²) in [4.78, 5) is 15.4. The van der Waals surface area contributed by atoms with Gasteiger partial charge in [-0.2, -0.15) is 0 Å². The number of nitrogens with zero attached hydrogens (tertiary/aromatic N) is 2. The predicted octanol–water partition coefficient (Wildman–Crippen LogP) is 2.36. The van der Waals surface area contributed by atoms with E-state index in [0.717, 1.165) is 24.5 Å². The van der Waals surface area contributed by atoms with Crippen molar-refractivity contribution < 1.29 is 14.3 Å². The molecule has 1 saturated heterocycles. The Balaban J connectivity index is 1.92. The van der Waals surface area contributed by atoms with Gasteiger partial charge in [-0.05, 0) is 38.1 Å². The maximum Gasteiger partial charge on any atom is 0.409 e. The Morgan fingerprint density at radius 1 is 1.10 bits per heavy atom. The number of rotatable bonds is 3. The van der Waals surface area contributed by atoms with Crippen LogP contribution in [0.2, 0.25) is 0 Å². The van der Waals surface area contributed by atoms with E-state index in [1.165, 1.54) is 7.11 Å². The first kappa shape index (κ1) is 14.5. The van der Waals surface area contributed by atoms with E-state index in [2.05, 4.69) is 17.0 Å². The highest BCUT2D eigenvalue weighted by molar-refractivity contribution is 5.68. The highest BCUT2D eigenvalue weighted by Crippen LogP contribution is 2.21. The second-order valence-corrected chi connectivity index (χ2v) is 5.10. The van der Waals surface area contributed by atoms with E-state index in [1.54, 1.807) is 4.90 Å². The molecule has 1 amide bonds. The van der Waals surface area contributed by atoms with Gasteiger partial charge in [-0.15, -0.1) is 0 Å². The van der Waals surface area contributed by atoms with Crippen LogP contribution in [0.15, 0.2) is 24.3 Å². The van der Waals surface area contributed by atoms with Gasteiger partial charge in [0.2, 0.25) is 0 Å². The van der Waals surface area contributed by atoms with E-state index in [0.29, 0.717) is 13.1 Å². The standard InChI is InChI=1S/C15H22N2O3/c1-12(2)20-14-6-4-13(5-7-14)16-8-10-17(11-9-16)15(18)19-3/h4-7,12H,8-11H2,1-3H3. The van der Waals surface area contributed by atoms with E-state index >= 15 is 0 Å². The molecule has 110 valence electrons. The van der Waals surface area contributed by atoms with Crippen LogP contribution in [0.5, 0.6) is 5.75 Å². The molecule has 20 heavy (non-hydrogen) atoms. The second-order valence-electron chi connectivity index (χ2n) is 5.10. The fourth-order valence-electron chi connectivity index (χ4n) is 2.28. The third-order valence-electron chi connectivity index (χ3n) is 3.29. The van der Waals surface area contributed by atoms with Crippen LogP contribution in [0.4, 0.5) is 10.5 Å². The zero-order valence-corrected chi connectivity index (χ0v) is 12.3. The Hall–Kier alpha value is -1.91. The summed E-state index contributed by atoms with van der Waals surface area (Å²) in [6, 6.07) is 8.10. The number of piperazine rings is 1. The van der Waals surface area contributed by atoms with E-state index in [4.69, 9.17) is 9.47 Å². The lowest BCUT2D eigenvalue weighted by Crippen LogP contribution is -2.48. The molecule has 1 aromatic carbocycles. The van der Waals surface area contributed by atoms with Crippen molar-refractivity contribution in [2.45, 2.75) is 20.0 Å². The zero-order valence-electron chi connectivity index (χ0n) is 12.3. The molecule has 0 atom stereocenters. The summed E-state index contributed by atoms with van der Waals surface area (Å²) in [7, 11) is 1.42. The van der Waals surface area contributed by atoms with Gasteiger partial charge in [0, 0.05) is 31.9 Å². The average molecular weight is 278 g/mol. The topological polar surface area (TPSA) is 42.0 Å². The average Bonchev–Trinajstić information content (AvgIpc) is 2.47. The molecule has 0 N–H and O–H groups in total. The van der Waals surface area contributed by atoms with Gasteiger partial charge in [-0.25, -0.2) is 4.79 Å². The number of amides is 1. The first-order valence-electron chi connectivity index (χ1n) is 6.94. The summed E-state index contributed by atoms with van der Waals surface area (Å²) in [5.41, 5.74) is 1.16. The van der Waals surface area contributed by atoms with Gasteiger partial charge in [0.25, 0.3) is 0 Å². The largest absolute Gasteiger partial charge is 0.491 e. The fourth-order valence-corrected chi connectivity index (χ4v) is 2.28. The van der Waals surface area contributed by atoms with Gasteiger partial charge in [-0.3, -0.25) is 0 Å². The predicted molar refractivity (Wildman–Crippen MR) is 78.4 cm³/mol. The summed E-state index contributed by atoms with van der Waals surface area (Å²) in [5, 5.41) is 0. The summed E-state index contributed by atoms with van der Waals surface area (Å²) < 4.78 is 10.4. The first-order chi connectivity index (χ1) is 9.60. The lowest BCUT2D eigenvalue weighted by atomic mass is 10.2. The van der Waals surface area contributed by atoms with Crippen molar-refractivity contribution in [3.8, 4) is 5.75 Å². The maximum atomic E-state index is 11.4. The van der Waals surface area contributed by atoms with Crippen LogP contribution in [0.25, 0.3) is 0 Å². The molecule has 1 aliphatic heterocycles. The normalized spacial score (nSPS) is 15.4. The summed E-state index contributed by atoms with van der Waals surface area (Å²) >= 11 is 0. The minimum Gasteiger partial charge on any atom is -0.491 e. The van der Waals surface area contributed by atoms with Crippen molar-refractivity contribution in [3.05, 3.63) is 24.3 Å². The Morgan fingerprint density at radius 2 is 1.70 bits per heavy atom. The number of benzene rings is 1. The summed E-state index contributed by atoms with van der Waals surface area (Å²) in [5.74, 6) is 0.886. The molecule has 1 aromatic rings. The third-order valence-corrected chi connectivity index (χ3v) is 3.29. The van der Waals surface area contributed by atoms with Crippen LogP contribution in [0, 0.1) is 0 Å². The van der Waals surface area contributed by atoms with E-state index in [-0.39, 0.29) is 12.2 Å². The van der Waals surface area contributed by atoms with Crippen LogP contribution in [-0.4, -0.2) is 50.4 Å². The molecule has 1 heterocycles. The van der Waals surface area contributed by atoms with Gasteiger partial charge in [0.15, 0.2) is 0 Å². The zero-order chi connectivity index (χ0) is 14.5. The molecule has 1 aliphatic rings.